The predicted molar refractivity (Wildman–Crippen MR) is 107 cm³/mol. The Morgan fingerprint density at radius 3 is 1.69 bits per heavy atom. The number of rotatable bonds is 18. The average Bonchev–Trinajstić information content (AvgIpc) is 2.63. The van der Waals surface area contributed by atoms with Crippen LogP contribution >= 0.6 is 0 Å². The zero-order chi connectivity index (χ0) is 21.6. The van der Waals surface area contributed by atoms with Crippen LogP contribution in [0.5, 0.6) is 0 Å². The van der Waals surface area contributed by atoms with Crippen LogP contribution in [0.15, 0.2) is 0 Å². The number of Topliss-reactive ketones (excluding diaryl/α,β-unsaturated/α-hetero) is 2. The first-order chi connectivity index (χ1) is 13.2. The maximum Gasteiger partial charge on any atom is 1.00 e. The van der Waals surface area contributed by atoms with E-state index < -0.39 is 40.0 Å². The molecule has 29 heavy (non-hydrogen) atoms. The number of hydrogen-bond donors (Lipinski definition) is 0. The van der Waals surface area contributed by atoms with Crippen LogP contribution in [0.2, 0.25) is 0 Å². The van der Waals surface area contributed by atoms with E-state index in [1.54, 1.807) is 0 Å². The van der Waals surface area contributed by atoms with Crippen molar-refractivity contribution in [3.63, 3.8) is 0 Å². The first kappa shape index (κ1) is 31.4. The monoisotopic (exact) mass is 444 g/mol. The molecule has 9 heteroatoms. The fraction of sp³-hybridized carbons (Fsp3) is 0.900. The van der Waals surface area contributed by atoms with Crippen molar-refractivity contribution in [1.82, 2.24) is 0 Å². The number of carbonyl (C=O) groups excluding carboxylic acids is 2. The van der Waals surface area contributed by atoms with Crippen molar-refractivity contribution in [2.45, 2.75) is 77.9 Å². The summed E-state index contributed by atoms with van der Waals surface area (Å²) in [5, 5.41) is -1.91. The molecule has 0 rings (SSSR count). The Hall–Kier alpha value is 0.170. The molecule has 0 saturated heterocycles. The van der Waals surface area contributed by atoms with Gasteiger partial charge in [-0.05, 0) is 24.7 Å². The van der Waals surface area contributed by atoms with Gasteiger partial charge < -0.3 is 14.0 Å². The molecule has 0 heterocycles. The van der Waals surface area contributed by atoms with Gasteiger partial charge in [-0.15, -0.1) is 0 Å². The van der Waals surface area contributed by atoms with Crippen LogP contribution < -0.4 is 29.6 Å². The molecule has 0 radical (unpaired) electrons. The molecular formula is C20H37NaO7S. The maximum absolute atomic E-state index is 12.2. The largest absolute Gasteiger partial charge is 1.00 e. The molecule has 0 aromatic carbocycles. The third-order valence-electron chi connectivity index (χ3n) is 4.88. The van der Waals surface area contributed by atoms with Gasteiger partial charge in [-0.1, -0.05) is 53.4 Å². The Bertz CT molecular complexity index is 551. The Morgan fingerprint density at radius 2 is 1.31 bits per heavy atom. The molecule has 0 amide bonds. The van der Waals surface area contributed by atoms with Gasteiger partial charge in [0.05, 0.1) is 0 Å². The summed E-state index contributed by atoms with van der Waals surface area (Å²) < 4.78 is 45.0. The molecule has 0 spiro atoms. The zero-order valence-corrected chi connectivity index (χ0v) is 21.6. The second-order valence-corrected chi connectivity index (χ2v) is 8.90. The van der Waals surface area contributed by atoms with Crippen LogP contribution in [0.3, 0.4) is 0 Å². The van der Waals surface area contributed by atoms with Gasteiger partial charge in [-0.2, -0.15) is 0 Å². The van der Waals surface area contributed by atoms with Crippen LogP contribution in [-0.4, -0.2) is 56.2 Å². The topological polar surface area (TPSA) is 110 Å². The maximum atomic E-state index is 12.2. The molecular weight excluding hydrogens is 407 g/mol. The Balaban J connectivity index is 0. The van der Waals surface area contributed by atoms with Gasteiger partial charge in [0.25, 0.3) is 0 Å². The van der Waals surface area contributed by atoms with E-state index in [9.17, 15) is 22.6 Å². The number of ether oxygens (including phenoxy) is 2. The quantitative estimate of drug-likeness (QED) is 0.218. The molecule has 0 aromatic rings. The minimum Gasteiger partial charge on any atom is -0.747 e. The fourth-order valence-corrected chi connectivity index (χ4v) is 3.81. The summed E-state index contributed by atoms with van der Waals surface area (Å²) in [6, 6.07) is 0. The molecule has 0 bridgehead atoms. The van der Waals surface area contributed by atoms with Crippen LogP contribution in [0.1, 0.15) is 72.6 Å². The van der Waals surface area contributed by atoms with E-state index in [0.29, 0.717) is 19.1 Å². The Morgan fingerprint density at radius 1 is 0.862 bits per heavy atom. The van der Waals surface area contributed by atoms with Gasteiger partial charge >= 0.3 is 29.6 Å². The van der Waals surface area contributed by atoms with Gasteiger partial charge in [0, 0.05) is 19.6 Å². The van der Waals surface area contributed by atoms with Crippen molar-refractivity contribution in [1.29, 1.82) is 0 Å². The summed E-state index contributed by atoms with van der Waals surface area (Å²) in [6.45, 7) is 8.12. The minimum absolute atomic E-state index is 0. The summed E-state index contributed by atoms with van der Waals surface area (Å²) in [5.41, 5.74) is 0. The van der Waals surface area contributed by atoms with E-state index in [1.807, 2.05) is 20.8 Å². The first-order valence-corrected chi connectivity index (χ1v) is 11.8. The summed E-state index contributed by atoms with van der Waals surface area (Å²) >= 11 is 0. The molecule has 0 N–H and O–H groups in total. The molecule has 3 atom stereocenters. The van der Waals surface area contributed by atoms with Crippen molar-refractivity contribution in [3.05, 3.63) is 0 Å². The van der Waals surface area contributed by atoms with Gasteiger partial charge in [0.1, 0.15) is 28.6 Å². The first-order valence-electron chi connectivity index (χ1n) is 10.3. The third kappa shape index (κ3) is 14.7. The van der Waals surface area contributed by atoms with E-state index in [-0.39, 0.29) is 42.1 Å². The summed E-state index contributed by atoms with van der Waals surface area (Å²) in [6.07, 6.45) is 5.07. The second kappa shape index (κ2) is 17.8. The van der Waals surface area contributed by atoms with Crippen molar-refractivity contribution >= 4 is 21.7 Å². The number of hydrogen-bond acceptors (Lipinski definition) is 7. The fourth-order valence-electron chi connectivity index (χ4n) is 3.03. The normalized spacial score (nSPS) is 14.7. The summed E-state index contributed by atoms with van der Waals surface area (Å²) in [5.74, 6) is -0.820. The van der Waals surface area contributed by atoms with Gasteiger partial charge in [-0.3, -0.25) is 9.59 Å². The van der Waals surface area contributed by atoms with E-state index in [0.717, 1.165) is 38.5 Å². The van der Waals surface area contributed by atoms with Gasteiger partial charge in [0.15, 0.2) is 11.6 Å². The third-order valence-corrected chi connectivity index (χ3v) is 6.01. The van der Waals surface area contributed by atoms with Crippen molar-refractivity contribution in [2.24, 2.45) is 11.8 Å². The Labute approximate surface area is 198 Å². The molecule has 0 aromatic heterocycles. The molecule has 0 aliphatic carbocycles. The molecule has 0 saturated carbocycles. The summed E-state index contributed by atoms with van der Waals surface area (Å²) in [7, 11) is -4.94. The SMILES string of the molecule is CCCC(CC)COCC(=O)CC(C(=O)COCC(CC)CCC)S(=O)(=O)[O-].[Na+]. The van der Waals surface area contributed by atoms with Crippen molar-refractivity contribution < 1.29 is 61.6 Å². The van der Waals surface area contributed by atoms with Crippen LogP contribution in [0.4, 0.5) is 0 Å². The minimum atomic E-state index is -4.94. The predicted octanol–water partition coefficient (Wildman–Crippen LogP) is 0.118. The van der Waals surface area contributed by atoms with E-state index in [2.05, 4.69) is 6.92 Å². The Kier molecular flexibility index (Phi) is 19.3. The standard InChI is InChI=1S/C20H38O7S.Na/c1-5-9-16(7-3)12-26-14-18(21)11-20(28(23,24)25)19(22)15-27-13-17(8-4)10-6-2;/h16-17,20H,5-15H2,1-4H3,(H,23,24,25);/q;+1/p-1. The molecule has 3 unspecified atom stereocenters. The van der Waals surface area contributed by atoms with Gasteiger partial charge in [0.2, 0.25) is 0 Å². The van der Waals surface area contributed by atoms with E-state index in [1.165, 1.54) is 0 Å². The van der Waals surface area contributed by atoms with E-state index >= 15 is 0 Å². The second-order valence-electron chi connectivity index (χ2n) is 7.35. The van der Waals surface area contributed by atoms with Crippen LogP contribution in [-0.2, 0) is 29.2 Å². The number of carbonyl (C=O) groups is 2. The van der Waals surface area contributed by atoms with Crippen molar-refractivity contribution in [2.75, 3.05) is 26.4 Å². The van der Waals surface area contributed by atoms with Gasteiger partial charge in [-0.25, -0.2) is 8.42 Å². The molecule has 166 valence electrons. The zero-order valence-electron chi connectivity index (χ0n) is 18.8. The number of ketones is 2. The van der Waals surface area contributed by atoms with Crippen LogP contribution in [0, 0.1) is 11.8 Å². The molecule has 7 nitrogen and oxygen atoms in total. The molecule has 0 aliphatic heterocycles. The summed E-state index contributed by atoms with van der Waals surface area (Å²) in [4.78, 5) is 24.2. The smallest absolute Gasteiger partial charge is 0.747 e. The van der Waals surface area contributed by atoms with Crippen molar-refractivity contribution in [3.8, 4) is 0 Å². The molecule has 0 aliphatic rings. The average molecular weight is 445 g/mol. The van der Waals surface area contributed by atoms with Crippen LogP contribution in [0.25, 0.3) is 0 Å². The van der Waals surface area contributed by atoms with E-state index in [4.69, 9.17) is 9.47 Å². The molecule has 0 fully saturated rings.